The summed E-state index contributed by atoms with van der Waals surface area (Å²) in [6.45, 7) is 8.94. The molecule has 21 heavy (non-hydrogen) atoms. The number of carbonyl (C=O) groups is 1. The van der Waals surface area contributed by atoms with E-state index in [2.05, 4.69) is 24.1 Å². The van der Waals surface area contributed by atoms with Crippen LogP contribution in [0.1, 0.15) is 37.2 Å². The number of aryl methyl sites for hydroxylation is 1. The Morgan fingerprint density at radius 2 is 2.29 bits per heavy atom. The van der Waals surface area contributed by atoms with E-state index in [1.54, 1.807) is 6.92 Å². The number of nitrogens with zero attached hydrogens (tertiary/aromatic N) is 2. The summed E-state index contributed by atoms with van der Waals surface area (Å²) >= 11 is 0. The predicted octanol–water partition coefficient (Wildman–Crippen LogP) is 1.10. The summed E-state index contributed by atoms with van der Waals surface area (Å²) in [6.07, 6.45) is 2.27. The molecule has 0 bridgehead atoms. The van der Waals surface area contributed by atoms with Gasteiger partial charge in [0.15, 0.2) is 0 Å². The third-order valence-corrected chi connectivity index (χ3v) is 3.77. The highest BCUT2D eigenvalue weighted by atomic mass is 16.5. The molecule has 0 spiro atoms. The lowest BCUT2D eigenvalue weighted by Crippen LogP contribution is -2.44. The van der Waals surface area contributed by atoms with E-state index in [9.17, 15) is 9.59 Å². The summed E-state index contributed by atoms with van der Waals surface area (Å²) in [4.78, 5) is 25.8. The summed E-state index contributed by atoms with van der Waals surface area (Å²) in [5, 5.41) is 3.45. The molecule has 2 rings (SSSR count). The highest BCUT2D eigenvalue weighted by Gasteiger charge is 2.23. The number of carbonyl (C=O) groups excluding carboxylic acids is 1. The van der Waals surface area contributed by atoms with Crippen LogP contribution in [0.25, 0.3) is 0 Å². The van der Waals surface area contributed by atoms with Crippen LogP contribution in [-0.4, -0.2) is 47.8 Å². The minimum atomic E-state index is -0.382. The predicted molar refractivity (Wildman–Crippen MR) is 80.6 cm³/mol. The van der Waals surface area contributed by atoms with Crippen molar-refractivity contribution in [3.63, 3.8) is 0 Å². The molecule has 0 aromatic carbocycles. The van der Waals surface area contributed by atoms with Gasteiger partial charge in [0.1, 0.15) is 5.76 Å². The first-order valence-corrected chi connectivity index (χ1v) is 7.64. The van der Waals surface area contributed by atoms with Crippen LogP contribution in [-0.2, 0) is 0 Å². The summed E-state index contributed by atoms with van der Waals surface area (Å²) in [5.41, 5.74) is -0.382. The molecule has 0 aliphatic carbocycles. The third kappa shape index (κ3) is 4.54. The highest BCUT2D eigenvalue weighted by Crippen LogP contribution is 2.15. The zero-order valence-electron chi connectivity index (χ0n) is 13.1. The number of aromatic nitrogens is 1. The average Bonchev–Trinajstić information content (AvgIpc) is 2.76. The van der Waals surface area contributed by atoms with Crippen molar-refractivity contribution in [3.05, 3.63) is 22.2 Å². The van der Waals surface area contributed by atoms with Gasteiger partial charge in [-0.3, -0.25) is 14.5 Å². The Bertz CT molecular complexity index is 533. The maximum Gasteiger partial charge on any atom is 0.290 e. The number of likely N-dealkylation sites (tertiary alicyclic amines) is 1. The van der Waals surface area contributed by atoms with E-state index in [0.717, 1.165) is 30.8 Å². The van der Waals surface area contributed by atoms with Crippen molar-refractivity contribution in [1.82, 2.24) is 15.0 Å². The summed E-state index contributed by atoms with van der Waals surface area (Å²) in [7, 11) is 0. The van der Waals surface area contributed by atoms with E-state index in [4.69, 9.17) is 4.52 Å². The van der Waals surface area contributed by atoms with Crippen LogP contribution in [0, 0.1) is 12.8 Å². The average molecular weight is 295 g/mol. The Morgan fingerprint density at radius 1 is 1.52 bits per heavy atom. The number of rotatable bonds is 5. The van der Waals surface area contributed by atoms with Gasteiger partial charge in [0.2, 0.25) is 0 Å². The van der Waals surface area contributed by atoms with Crippen LogP contribution in [0.3, 0.4) is 0 Å². The standard InChI is InChI=1S/C15H25N3O3/c1-11(2)16-8-13-5-4-6-17(9-13)10-15(20)18-14(19)7-12(3)21-18/h7,11,13,16H,4-6,8-10H2,1-3H3. The number of hydrogen-bond donors (Lipinski definition) is 1. The maximum atomic E-state index is 12.1. The van der Waals surface area contributed by atoms with Gasteiger partial charge in [0.05, 0.1) is 6.54 Å². The van der Waals surface area contributed by atoms with Crippen molar-refractivity contribution < 1.29 is 9.32 Å². The summed E-state index contributed by atoms with van der Waals surface area (Å²) in [5.74, 6) is 0.737. The minimum absolute atomic E-state index is 0.241. The van der Waals surface area contributed by atoms with E-state index in [1.807, 2.05) is 0 Å². The monoisotopic (exact) mass is 295 g/mol. The summed E-state index contributed by atoms with van der Waals surface area (Å²) in [6, 6.07) is 1.82. The van der Waals surface area contributed by atoms with Gasteiger partial charge in [0.25, 0.3) is 11.5 Å². The maximum absolute atomic E-state index is 12.1. The van der Waals surface area contributed by atoms with Crippen LogP contribution in [0.15, 0.2) is 15.4 Å². The van der Waals surface area contributed by atoms with Crippen molar-refractivity contribution in [2.45, 2.75) is 39.7 Å². The molecular formula is C15H25N3O3. The second-order valence-electron chi connectivity index (χ2n) is 6.18. The Balaban J connectivity index is 1.89. The lowest BCUT2D eigenvalue weighted by molar-refractivity contribution is 0.0674. The zero-order valence-corrected chi connectivity index (χ0v) is 13.1. The molecule has 6 heteroatoms. The fourth-order valence-corrected chi connectivity index (χ4v) is 2.74. The molecule has 1 N–H and O–H groups in total. The molecular weight excluding hydrogens is 270 g/mol. The molecule has 1 atom stereocenters. The Hall–Kier alpha value is -1.40. The first-order chi connectivity index (χ1) is 9.95. The van der Waals surface area contributed by atoms with E-state index in [1.165, 1.54) is 12.5 Å². The second kappa shape index (κ2) is 7.04. The van der Waals surface area contributed by atoms with Crippen molar-refractivity contribution in [1.29, 1.82) is 0 Å². The number of hydrogen-bond acceptors (Lipinski definition) is 5. The van der Waals surface area contributed by atoms with Crippen molar-refractivity contribution in [3.8, 4) is 0 Å². The van der Waals surface area contributed by atoms with Gasteiger partial charge in [-0.2, -0.15) is 0 Å². The molecule has 6 nitrogen and oxygen atoms in total. The lowest BCUT2D eigenvalue weighted by Gasteiger charge is -2.32. The molecule has 1 saturated heterocycles. The van der Waals surface area contributed by atoms with Crippen LogP contribution in [0.5, 0.6) is 0 Å². The van der Waals surface area contributed by atoms with Gasteiger partial charge in [-0.05, 0) is 38.8 Å². The molecule has 2 heterocycles. The number of piperidine rings is 1. The Kier molecular flexibility index (Phi) is 5.36. The number of nitrogens with one attached hydrogen (secondary N) is 1. The summed E-state index contributed by atoms with van der Waals surface area (Å²) < 4.78 is 6.01. The van der Waals surface area contributed by atoms with E-state index in [0.29, 0.717) is 17.7 Å². The van der Waals surface area contributed by atoms with Crippen LogP contribution >= 0.6 is 0 Å². The van der Waals surface area contributed by atoms with Crippen LogP contribution in [0.2, 0.25) is 0 Å². The first kappa shape index (κ1) is 16.0. The van der Waals surface area contributed by atoms with Gasteiger partial charge in [-0.25, -0.2) is 0 Å². The molecule has 1 aliphatic heterocycles. The SMILES string of the molecule is Cc1cc(=O)n(C(=O)CN2CCCC(CNC(C)C)C2)o1. The van der Waals surface area contributed by atoms with Gasteiger partial charge in [0, 0.05) is 18.7 Å². The van der Waals surface area contributed by atoms with Crippen molar-refractivity contribution in [2.24, 2.45) is 5.92 Å². The Morgan fingerprint density at radius 3 is 2.90 bits per heavy atom. The molecule has 1 aliphatic rings. The fourth-order valence-electron chi connectivity index (χ4n) is 2.74. The quantitative estimate of drug-likeness (QED) is 0.881. The topological polar surface area (TPSA) is 67.5 Å². The molecule has 118 valence electrons. The fraction of sp³-hybridized carbons (Fsp3) is 0.733. The van der Waals surface area contributed by atoms with E-state index < -0.39 is 0 Å². The van der Waals surface area contributed by atoms with E-state index in [-0.39, 0.29) is 18.0 Å². The van der Waals surface area contributed by atoms with Crippen molar-refractivity contribution >= 4 is 5.91 Å². The van der Waals surface area contributed by atoms with Crippen LogP contribution < -0.4 is 10.9 Å². The van der Waals surface area contributed by atoms with Gasteiger partial charge in [-0.1, -0.05) is 13.8 Å². The largest absolute Gasteiger partial charge is 0.373 e. The second-order valence-corrected chi connectivity index (χ2v) is 6.18. The zero-order chi connectivity index (χ0) is 15.4. The smallest absolute Gasteiger partial charge is 0.290 e. The minimum Gasteiger partial charge on any atom is -0.373 e. The van der Waals surface area contributed by atoms with Gasteiger partial charge < -0.3 is 9.84 Å². The van der Waals surface area contributed by atoms with Crippen molar-refractivity contribution in [2.75, 3.05) is 26.2 Å². The molecule has 0 radical (unpaired) electrons. The molecule has 0 amide bonds. The highest BCUT2D eigenvalue weighted by molar-refractivity contribution is 5.79. The molecule has 1 aromatic rings. The lowest BCUT2D eigenvalue weighted by atomic mass is 9.98. The molecule has 1 unspecified atom stereocenters. The van der Waals surface area contributed by atoms with E-state index >= 15 is 0 Å². The Labute approximate surface area is 125 Å². The first-order valence-electron chi connectivity index (χ1n) is 7.64. The molecule has 1 aromatic heterocycles. The van der Waals surface area contributed by atoms with Gasteiger partial charge >= 0.3 is 0 Å². The molecule has 1 fully saturated rings. The van der Waals surface area contributed by atoms with Crippen LogP contribution in [0.4, 0.5) is 0 Å². The van der Waals surface area contributed by atoms with Gasteiger partial charge in [-0.15, -0.1) is 4.74 Å². The normalized spacial score (nSPS) is 20.1. The molecule has 0 saturated carbocycles. The third-order valence-electron chi connectivity index (χ3n) is 3.77.